The molecule has 39 heteroatoms. The predicted octanol–water partition coefficient (Wildman–Crippen LogP) is -32.3. The Hall–Kier alpha value is -2.76. The van der Waals surface area contributed by atoms with Gasteiger partial charge in [-0.2, -0.15) is 0 Å². The molecule has 0 unspecified atom stereocenters. The van der Waals surface area contributed by atoms with Crippen LogP contribution in [-0.2, 0) is 26.3 Å². The molecule has 6 heterocycles. The van der Waals surface area contributed by atoms with E-state index in [0.29, 0.717) is 0 Å². The fourth-order valence-electron chi connectivity index (χ4n) is 8.02. The molecule has 0 aliphatic carbocycles. The van der Waals surface area contributed by atoms with Crippen molar-refractivity contribution in [1.82, 2.24) is 39.9 Å². The first-order valence-corrected chi connectivity index (χ1v) is 20.7. The summed E-state index contributed by atoms with van der Waals surface area (Å²) in [6.07, 6.45) is -2.78. The van der Waals surface area contributed by atoms with Crippen LogP contribution in [0.3, 0.4) is 0 Å². The van der Waals surface area contributed by atoms with Crippen LogP contribution < -0.4 is 287 Å². The molecule has 3 aromatic heterocycles. The Balaban J connectivity index is 0.00000302. The van der Waals surface area contributed by atoms with Gasteiger partial charge in [-0.3, -0.25) is 0 Å². The summed E-state index contributed by atoms with van der Waals surface area (Å²) < 4.78 is 4.32. The van der Waals surface area contributed by atoms with E-state index in [-0.39, 0.29) is 297 Å². The van der Waals surface area contributed by atoms with Crippen LogP contribution in [0.2, 0.25) is 0 Å². The fraction of sp³-hybridized carbons (Fsp3) is 0.0652. The van der Waals surface area contributed by atoms with Crippen LogP contribution in [0.1, 0.15) is 82.9 Å². The molecule has 0 fully saturated rings. The number of aromatic nitrogens is 8. The number of carbonyl (C=O) groups is 9. The largest absolute Gasteiger partial charge is 2.00 e. The second kappa shape index (κ2) is 32.8. The normalized spacial score (nSPS) is 12.3. The first-order valence-electron chi connectivity index (χ1n) is 20.7. The molecular formula is C46H16CoN8Na8O22. The Bertz CT molecular complexity index is 3720. The molecular weight excluding hydrogens is 1260 g/mol. The summed E-state index contributed by atoms with van der Waals surface area (Å²) in [5.41, 5.74) is -10.9. The fourth-order valence-corrected chi connectivity index (χ4v) is 8.02. The number of esters is 1. The SMILES string of the molecule is O=C([O-])c1cc2c(cc1C(=O)[O-])-c1nc-2nc2[n-]c(nc3nc(nc4[n-]c(n1)c1cc(C(=O)[O-])c(C(=O)[O-])cc41)-c1cc(C(=O)[O-])c(C(=O)[O-])cc1-3)c1cc(C(=O)[O-])c(C(=O)[O-])cc21.O=C1O[C@@H]([C@H](O)CO)C(O)=C1O.[Co+2].[Na+].[Na+].[Na+].[Na+].[Na+].[Na+].[Na+].[Na+]. The molecule has 0 spiro atoms. The Labute approximate surface area is 658 Å². The van der Waals surface area contributed by atoms with E-state index in [1.54, 1.807) is 0 Å². The smallest absolute Gasteiger partial charge is 0.545 e. The van der Waals surface area contributed by atoms with Crippen LogP contribution in [0.4, 0.5) is 0 Å². The second-order valence-corrected chi connectivity index (χ2v) is 15.9. The number of carboxylic acids is 8. The van der Waals surface area contributed by atoms with Crippen LogP contribution in [0.15, 0.2) is 60.0 Å². The number of carboxylic acid groups (broad SMARTS) is 8. The molecule has 1 radical (unpaired) electrons. The van der Waals surface area contributed by atoms with E-state index in [0.717, 1.165) is 48.5 Å². The summed E-state index contributed by atoms with van der Waals surface area (Å²) in [5.74, 6) is -20.9. The molecule has 2 atom stereocenters. The number of hydrogen-bond acceptors (Lipinski definition) is 28. The van der Waals surface area contributed by atoms with Crippen molar-refractivity contribution >= 4 is 97.9 Å². The van der Waals surface area contributed by atoms with Crippen LogP contribution in [-0.4, -0.2) is 123 Å². The van der Waals surface area contributed by atoms with E-state index in [2.05, 4.69) is 44.6 Å². The van der Waals surface area contributed by atoms with Gasteiger partial charge in [0.1, 0.15) is 6.10 Å². The second-order valence-electron chi connectivity index (χ2n) is 15.9. The molecule has 85 heavy (non-hydrogen) atoms. The molecule has 4 aromatic carbocycles. The third kappa shape index (κ3) is 15.9. The minimum atomic E-state index is -2.01. The zero-order valence-corrected chi connectivity index (χ0v) is 62.1. The molecule has 0 amide bonds. The zero-order chi connectivity index (χ0) is 55.1. The van der Waals surface area contributed by atoms with Gasteiger partial charge in [-0.15, -0.1) is 0 Å². The summed E-state index contributed by atoms with van der Waals surface area (Å²) in [5, 5.41) is 131. The average molecular weight is 1280 g/mol. The van der Waals surface area contributed by atoms with E-state index in [4.69, 9.17) is 20.4 Å². The Kier molecular flexibility index (Phi) is 31.8. The molecule has 0 saturated carbocycles. The van der Waals surface area contributed by atoms with Crippen molar-refractivity contribution in [3.05, 3.63) is 105 Å². The van der Waals surface area contributed by atoms with E-state index in [9.17, 15) is 84.0 Å². The van der Waals surface area contributed by atoms with Gasteiger partial charge in [-0.25, -0.2) is 14.8 Å². The number of nitrogens with zero attached hydrogens (tertiary/aromatic N) is 8. The number of fused-ring (bicyclic) bond motifs is 20. The van der Waals surface area contributed by atoms with Gasteiger partial charge in [0.05, 0.1) is 77.7 Å². The topological polar surface area (TPSA) is 534 Å². The average Bonchev–Trinajstić information content (AvgIpc) is 4.14. The number of cyclic esters (lactones) is 1. The summed E-state index contributed by atoms with van der Waals surface area (Å²) in [7, 11) is 0. The van der Waals surface area contributed by atoms with Crippen LogP contribution in [0.25, 0.3) is 89.7 Å². The van der Waals surface area contributed by atoms with Crippen molar-refractivity contribution < 1.29 is 362 Å². The molecule has 4 N–H and O–H groups in total. The van der Waals surface area contributed by atoms with Crippen LogP contribution in [0.5, 0.6) is 0 Å². The summed E-state index contributed by atoms with van der Waals surface area (Å²) in [6, 6.07) is 6.12. The molecule has 30 nitrogen and oxygen atoms in total. The number of hydrogen-bond donors (Lipinski definition) is 4. The molecule has 389 valence electrons. The maximum Gasteiger partial charge on any atom is 2.00 e. The molecule has 3 aliphatic rings. The maximum absolute atomic E-state index is 12.2. The van der Waals surface area contributed by atoms with Gasteiger partial charge < -0.3 is 134 Å². The van der Waals surface area contributed by atoms with E-state index in [1.807, 2.05) is 0 Å². The number of ether oxygens (including phenoxy) is 1. The van der Waals surface area contributed by atoms with Gasteiger partial charge in [-0.1, -0.05) is 0 Å². The summed E-state index contributed by atoms with van der Waals surface area (Å²) in [6.45, 7) is -0.671. The van der Waals surface area contributed by atoms with Gasteiger partial charge in [-0.05, 0) is 70.1 Å². The Morgan fingerprint density at radius 2 is 0.635 bits per heavy atom. The minimum absolute atomic E-state index is 0. The van der Waals surface area contributed by atoms with Crippen LogP contribution >= 0.6 is 0 Å². The number of aliphatic hydroxyl groups excluding tert-OH is 4. The van der Waals surface area contributed by atoms with Crippen LogP contribution in [0, 0.1) is 0 Å². The van der Waals surface area contributed by atoms with Gasteiger partial charge in [0.15, 0.2) is 11.9 Å². The van der Waals surface area contributed by atoms with Gasteiger partial charge in [0.25, 0.3) is 0 Å². The zero-order valence-electron chi connectivity index (χ0n) is 45.0. The van der Waals surface area contributed by atoms with Crippen molar-refractivity contribution in [3.8, 4) is 45.6 Å². The first kappa shape index (κ1) is 82.2. The van der Waals surface area contributed by atoms with Gasteiger partial charge in [0.2, 0.25) is 5.76 Å². The number of carbonyl (C=O) groups excluding carboxylic acids is 9. The van der Waals surface area contributed by atoms with Gasteiger partial charge in [0, 0.05) is 89.4 Å². The quantitative estimate of drug-likeness (QED) is 0.0729. The third-order valence-corrected chi connectivity index (χ3v) is 11.5. The molecule has 8 bridgehead atoms. The minimum Gasteiger partial charge on any atom is -0.545 e. The Morgan fingerprint density at radius 3 is 0.812 bits per heavy atom. The molecule has 0 saturated heterocycles. The summed E-state index contributed by atoms with van der Waals surface area (Å²) >= 11 is 0. The summed E-state index contributed by atoms with van der Waals surface area (Å²) in [4.78, 5) is 143. The van der Waals surface area contributed by atoms with E-state index in [1.165, 1.54) is 0 Å². The van der Waals surface area contributed by atoms with Crippen molar-refractivity contribution in [2.45, 2.75) is 12.2 Å². The van der Waals surface area contributed by atoms with Crippen molar-refractivity contribution in [2.24, 2.45) is 0 Å². The monoisotopic (exact) mass is 1270 g/mol. The number of aromatic carboxylic acids is 8. The van der Waals surface area contributed by atoms with E-state index < -0.39 is 174 Å². The maximum atomic E-state index is 12.2. The van der Waals surface area contributed by atoms with Crippen molar-refractivity contribution in [2.75, 3.05) is 6.61 Å². The van der Waals surface area contributed by atoms with Gasteiger partial charge >= 0.3 is 259 Å². The number of benzene rings is 4. The third-order valence-electron chi connectivity index (χ3n) is 11.5. The molecule has 3 aliphatic heterocycles. The van der Waals surface area contributed by atoms with Crippen molar-refractivity contribution in [3.63, 3.8) is 0 Å². The molecule has 7 aromatic rings. The molecule has 10 rings (SSSR count). The first-order chi connectivity index (χ1) is 35.9. The van der Waals surface area contributed by atoms with Crippen molar-refractivity contribution in [1.29, 1.82) is 0 Å². The Morgan fingerprint density at radius 1 is 0.424 bits per heavy atom. The number of aliphatic hydroxyl groups is 4. The van der Waals surface area contributed by atoms with E-state index >= 15 is 0 Å². The predicted molar refractivity (Wildman–Crippen MR) is 224 cm³/mol. The number of rotatable bonds is 10. The standard InChI is InChI=1S/C40H18N8O16.C6H8O6.Co.8Na/c49-33(50)17-1-9-10(2-18(17)34(51)52)26-41-25(9)45-27-11-3-19(35(53)54)20(36(55)56)4-12(11)29(42-27)47-31-15-7-23(39(61)62)24(40(63)64)8-16(15)32(44-31)48-30-14-6-22(38(59)60)21(37(57)58)5-13(14)28(43-30)46-26;7-1-2(8)5-3(9)4(10)6(11)12-5;;;;;;;;;/h1-8H,(H10,41,42,43,44,45,46,47,48,49,50,51,52,53,54,55,56,57,58,59,60,61,62,63,64);2,5,7-10H,1H2;;;;;;;;;/q;;+2;8*+1/p-10/t;2-,5+;;;;;;;;;/m.1........./s1.